The van der Waals surface area contributed by atoms with Crippen LogP contribution in [0.1, 0.15) is 60.2 Å². The van der Waals surface area contributed by atoms with Gasteiger partial charge in [0.2, 0.25) is 0 Å². The maximum absolute atomic E-state index is 13.6. The van der Waals surface area contributed by atoms with Crippen LogP contribution in [0.25, 0.3) is 0 Å². The second-order valence-corrected chi connectivity index (χ2v) is 7.68. The Morgan fingerprint density at radius 1 is 0.867 bits per heavy atom. The van der Waals surface area contributed by atoms with Crippen LogP contribution in [0.2, 0.25) is 0 Å². The summed E-state index contributed by atoms with van der Waals surface area (Å²) in [7, 11) is 0. The van der Waals surface area contributed by atoms with Gasteiger partial charge in [-0.2, -0.15) is 0 Å². The van der Waals surface area contributed by atoms with Crippen LogP contribution >= 0.6 is 0 Å². The summed E-state index contributed by atoms with van der Waals surface area (Å²) in [5, 5.41) is 11.9. The van der Waals surface area contributed by atoms with Gasteiger partial charge in [0.1, 0.15) is 5.60 Å². The molecule has 3 aromatic rings. The van der Waals surface area contributed by atoms with Crippen molar-refractivity contribution in [2.45, 2.75) is 45.3 Å². The van der Waals surface area contributed by atoms with Crippen molar-refractivity contribution >= 4 is 5.91 Å². The normalized spacial score (nSPS) is 12.9. The average Bonchev–Trinajstić information content (AvgIpc) is 2.81. The topological polar surface area (TPSA) is 40.5 Å². The lowest BCUT2D eigenvalue weighted by Gasteiger charge is -2.32. The quantitative estimate of drug-likeness (QED) is 0.494. The first-order valence-electron chi connectivity index (χ1n) is 10.8. The molecule has 1 N–H and O–H groups in total. The van der Waals surface area contributed by atoms with E-state index in [9.17, 15) is 9.90 Å². The molecule has 0 saturated carbocycles. The summed E-state index contributed by atoms with van der Waals surface area (Å²) >= 11 is 0. The lowest BCUT2D eigenvalue weighted by atomic mass is 9.80. The molecule has 0 aliphatic rings. The van der Waals surface area contributed by atoms with E-state index in [0.29, 0.717) is 30.6 Å². The van der Waals surface area contributed by atoms with Crippen molar-refractivity contribution in [3.8, 4) is 0 Å². The first-order chi connectivity index (χ1) is 14.6. The smallest absolute Gasteiger partial charge is 0.254 e. The van der Waals surface area contributed by atoms with Crippen LogP contribution in [0.3, 0.4) is 0 Å². The van der Waals surface area contributed by atoms with Crippen LogP contribution in [0.15, 0.2) is 84.9 Å². The molecule has 0 bridgehead atoms. The lowest BCUT2D eigenvalue weighted by molar-refractivity contribution is 0.0618. The Labute approximate surface area is 180 Å². The van der Waals surface area contributed by atoms with Gasteiger partial charge < -0.3 is 10.0 Å². The molecule has 0 aliphatic carbocycles. The molecule has 0 saturated heterocycles. The summed E-state index contributed by atoms with van der Waals surface area (Å²) in [4.78, 5) is 15.4. The van der Waals surface area contributed by atoms with E-state index in [1.54, 1.807) is 0 Å². The summed E-state index contributed by atoms with van der Waals surface area (Å²) in [6.45, 7) is 5.25. The zero-order valence-corrected chi connectivity index (χ0v) is 17.9. The number of rotatable bonds is 9. The zero-order chi connectivity index (χ0) is 21.4. The third kappa shape index (κ3) is 4.80. The molecule has 0 heterocycles. The predicted molar refractivity (Wildman–Crippen MR) is 122 cm³/mol. The number of unbranched alkanes of at least 4 members (excludes halogenated alkanes) is 1. The van der Waals surface area contributed by atoms with Gasteiger partial charge in [-0.3, -0.25) is 4.79 Å². The Hall–Kier alpha value is -2.91. The minimum atomic E-state index is -1.20. The van der Waals surface area contributed by atoms with Gasteiger partial charge in [-0.1, -0.05) is 98.6 Å². The first kappa shape index (κ1) is 21.8. The molecular formula is C27H31NO2. The molecule has 1 atom stereocenters. The van der Waals surface area contributed by atoms with E-state index in [1.807, 2.05) is 96.8 Å². The van der Waals surface area contributed by atoms with E-state index in [4.69, 9.17) is 0 Å². The van der Waals surface area contributed by atoms with Crippen LogP contribution in [0.5, 0.6) is 0 Å². The number of aliphatic hydroxyl groups is 1. The van der Waals surface area contributed by atoms with E-state index in [2.05, 4.69) is 6.92 Å². The standard InChI is InChI=1S/C27H31NO2/c1-3-5-20-27(30,23-16-10-7-11-17-23)25-19-13-12-18-24(25)26(29)28(4-2)21-22-14-8-6-9-15-22/h6-19,30H,3-5,20-21H2,1-2H3. The fourth-order valence-corrected chi connectivity index (χ4v) is 3.91. The first-order valence-corrected chi connectivity index (χ1v) is 10.8. The fraction of sp³-hybridized carbons (Fsp3) is 0.296. The Balaban J connectivity index is 2.01. The molecule has 3 nitrogen and oxygen atoms in total. The van der Waals surface area contributed by atoms with Gasteiger partial charge in [0.25, 0.3) is 5.91 Å². The Bertz CT molecular complexity index is 939. The van der Waals surface area contributed by atoms with Crippen LogP contribution in [0, 0.1) is 0 Å². The number of amides is 1. The number of hydrogen-bond donors (Lipinski definition) is 1. The highest BCUT2D eigenvalue weighted by Crippen LogP contribution is 2.37. The van der Waals surface area contributed by atoms with Crippen LogP contribution in [-0.2, 0) is 12.1 Å². The van der Waals surface area contributed by atoms with Crippen molar-refractivity contribution in [1.82, 2.24) is 4.90 Å². The van der Waals surface area contributed by atoms with Crippen molar-refractivity contribution in [2.24, 2.45) is 0 Å². The third-order valence-electron chi connectivity index (χ3n) is 5.63. The summed E-state index contributed by atoms with van der Waals surface area (Å²) < 4.78 is 0. The van der Waals surface area contributed by atoms with E-state index in [1.165, 1.54) is 0 Å². The largest absolute Gasteiger partial charge is 0.380 e. The fourth-order valence-electron chi connectivity index (χ4n) is 3.91. The monoisotopic (exact) mass is 401 g/mol. The summed E-state index contributed by atoms with van der Waals surface area (Å²) in [6, 6.07) is 27.2. The second kappa shape index (κ2) is 10.2. The van der Waals surface area contributed by atoms with E-state index < -0.39 is 5.60 Å². The maximum Gasteiger partial charge on any atom is 0.254 e. The van der Waals surface area contributed by atoms with Crippen molar-refractivity contribution in [1.29, 1.82) is 0 Å². The number of carbonyl (C=O) groups excluding carboxylic acids is 1. The highest BCUT2D eigenvalue weighted by molar-refractivity contribution is 5.96. The Morgan fingerprint density at radius 2 is 1.47 bits per heavy atom. The minimum absolute atomic E-state index is 0.0530. The SMILES string of the molecule is CCCCC(O)(c1ccccc1)c1ccccc1C(=O)N(CC)Cc1ccccc1. The number of carbonyl (C=O) groups is 1. The van der Waals surface area contributed by atoms with Crippen molar-refractivity contribution in [3.63, 3.8) is 0 Å². The summed E-state index contributed by atoms with van der Waals surface area (Å²) in [6.07, 6.45) is 2.42. The van der Waals surface area contributed by atoms with Crippen molar-refractivity contribution in [2.75, 3.05) is 6.54 Å². The highest BCUT2D eigenvalue weighted by Gasteiger charge is 2.35. The van der Waals surface area contributed by atoms with Crippen molar-refractivity contribution < 1.29 is 9.90 Å². The van der Waals surface area contributed by atoms with Gasteiger partial charge in [-0.25, -0.2) is 0 Å². The molecule has 1 unspecified atom stereocenters. The van der Waals surface area contributed by atoms with Crippen molar-refractivity contribution in [3.05, 3.63) is 107 Å². The molecule has 30 heavy (non-hydrogen) atoms. The van der Waals surface area contributed by atoms with Crippen LogP contribution in [-0.4, -0.2) is 22.5 Å². The van der Waals surface area contributed by atoms with Gasteiger partial charge >= 0.3 is 0 Å². The number of nitrogens with zero attached hydrogens (tertiary/aromatic N) is 1. The van der Waals surface area contributed by atoms with Crippen LogP contribution < -0.4 is 0 Å². The molecule has 3 heteroatoms. The molecule has 3 aromatic carbocycles. The molecule has 3 rings (SSSR count). The van der Waals surface area contributed by atoms with Gasteiger partial charge in [-0.15, -0.1) is 0 Å². The molecule has 0 spiro atoms. The summed E-state index contributed by atoms with van der Waals surface area (Å²) in [5.41, 5.74) is 1.97. The molecule has 1 amide bonds. The molecular weight excluding hydrogens is 370 g/mol. The molecule has 156 valence electrons. The molecule has 0 fully saturated rings. The third-order valence-corrected chi connectivity index (χ3v) is 5.63. The van der Waals surface area contributed by atoms with Gasteiger partial charge in [0.15, 0.2) is 0 Å². The Morgan fingerprint density at radius 3 is 2.10 bits per heavy atom. The Kier molecular flexibility index (Phi) is 7.42. The highest BCUT2D eigenvalue weighted by atomic mass is 16.3. The van der Waals surface area contributed by atoms with E-state index >= 15 is 0 Å². The predicted octanol–water partition coefficient (Wildman–Crippen LogP) is 5.78. The summed E-state index contributed by atoms with van der Waals surface area (Å²) in [5.74, 6) is -0.0530. The van der Waals surface area contributed by atoms with E-state index in [-0.39, 0.29) is 5.91 Å². The number of hydrogen-bond acceptors (Lipinski definition) is 2. The number of benzene rings is 3. The van der Waals surface area contributed by atoms with Gasteiger partial charge in [0.05, 0.1) is 0 Å². The molecule has 0 aliphatic heterocycles. The minimum Gasteiger partial charge on any atom is -0.380 e. The second-order valence-electron chi connectivity index (χ2n) is 7.68. The average molecular weight is 402 g/mol. The zero-order valence-electron chi connectivity index (χ0n) is 17.9. The van der Waals surface area contributed by atoms with Gasteiger partial charge in [0, 0.05) is 24.2 Å². The van der Waals surface area contributed by atoms with Crippen LogP contribution in [0.4, 0.5) is 0 Å². The van der Waals surface area contributed by atoms with Gasteiger partial charge in [-0.05, 0) is 30.5 Å². The molecule has 0 aromatic heterocycles. The maximum atomic E-state index is 13.6. The van der Waals surface area contributed by atoms with E-state index in [0.717, 1.165) is 24.0 Å². The lowest BCUT2D eigenvalue weighted by Crippen LogP contribution is -2.35. The molecule has 0 radical (unpaired) electrons.